The van der Waals surface area contributed by atoms with Crippen LogP contribution in [0.25, 0.3) is 120 Å². The zero-order chi connectivity index (χ0) is 92.6. The number of benzene rings is 16. The molecule has 0 bridgehead atoms. The molecule has 4 aliphatic rings. The van der Waals surface area contributed by atoms with E-state index in [1.54, 1.807) is 10.4 Å². The van der Waals surface area contributed by atoms with Crippen LogP contribution in [0.15, 0.2) is 502 Å². The summed E-state index contributed by atoms with van der Waals surface area (Å²) >= 11 is 3.66. The molecular formula is C126H100BBrN4O4Si2. The number of halogens is 1. The summed E-state index contributed by atoms with van der Waals surface area (Å²) in [5.41, 5.74) is 18.6. The number of allylic oxidation sites excluding steroid dienone is 11. The van der Waals surface area contributed by atoms with Gasteiger partial charge in [0.05, 0.1) is 50.6 Å². The minimum atomic E-state index is -2.67. The van der Waals surface area contributed by atoms with E-state index in [-0.39, 0.29) is 24.1 Å². The summed E-state index contributed by atoms with van der Waals surface area (Å²) in [6.45, 7) is 8.47. The molecule has 7 heterocycles. The van der Waals surface area contributed by atoms with E-state index in [4.69, 9.17) is 18.1 Å². The predicted octanol–water partition coefficient (Wildman–Crippen LogP) is 29.7. The Hall–Kier alpha value is -15.1. The van der Waals surface area contributed by atoms with E-state index in [1.807, 2.05) is 30.5 Å². The molecule has 8 nitrogen and oxygen atoms in total. The van der Waals surface area contributed by atoms with Crippen molar-refractivity contribution in [2.45, 2.75) is 76.8 Å². The van der Waals surface area contributed by atoms with E-state index in [0.717, 1.165) is 97.9 Å². The van der Waals surface area contributed by atoms with Gasteiger partial charge < -0.3 is 36.7 Å². The van der Waals surface area contributed by atoms with Gasteiger partial charge in [0.1, 0.15) is 16.7 Å². The molecule has 138 heavy (non-hydrogen) atoms. The minimum Gasteiger partial charge on any atom is -0.464 e. The largest absolute Gasteiger partial charge is 0.465 e. The first kappa shape index (κ1) is 85.8. The Bertz CT molecular complexity index is 8290. The average molecular weight is 1880 g/mol. The van der Waals surface area contributed by atoms with E-state index in [9.17, 15) is 0 Å². The molecule has 0 N–H and O–H groups in total. The topological polar surface area (TPSA) is 60.0 Å². The highest BCUT2D eigenvalue weighted by atomic mass is 79.9. The van der Waals surface area contributed by atoms with Gasteiger partial charge in [0.2, 0.25) is 0 Å². The van der Waals surface area contributed by atoms with Crippen molar-refractivity contribution in [3.8, 4) is 11.1 Å². The Morgan fingerprint density at radius 3 is 1.29 bits per heavy atom. The summed E-state index contributed by atoms with van der Waals surface area (Å²) in [5.74, 6) is 0.117. The lowest BCUT2D eigenvalue weighted by molar-refractivity contribution is 0.00578. The van der Waals surface area contributed by atoms with Crippen molar-refractivity contribution in [3.05, 3.63) is 494 Å². The molecule has 6 aromatic heterocycles. The van der Waals surface area contributed by atoms with Gasteiger partial charge in [0.15, 0.2) is 16.1 Å². The molecule has 666 valence electrons. The lowest BCUT2D eigenvalue weighted by Crippen LogP contribution is -2.74. The van der Waals surface area contributed by atoms with Crippen molar-refractivity contribution in [1.29, 1.82) is 0 Å². The number of aromatic nitrogens is 2. The van der Waals surface area contributed by atoms with E-state index in [0.29, 0.717) is 0 Å². The molecule has 0 saturated carbocycles. The Kier molecular flexibility index (Phi) is 22.1. The van der Waals surface area contributed by atoms with Crippen LogP contribution in [0, 0.1) is 0 Å². The maximum atomic E-state index is 6.48. The number of hydrogen-bond donors (Lipinski definition) is 0. The number of anilines is 4. The van der Waals surface area contributed by atoms with Gasteiger partial charge in [-0.05, 0) is 223 Å². The maximum Gasteiger partial charge on any atom is 0.465 e. The first-order chi connectivity index (χ1) is 67.8. The van der Waals surface area contributed by atoms with Crippen molar-refractivity contribution in [3.63, 3.8) is 0 Å². The number of fused-ring (bicyclic) bond motifs is 16. The van der Waals surface area contributed by atoms with Crippen LogP contribution in [-0.4, -0.2) is 43.3 Å². The second-order valence-electron chi connectivity index (χ2n) is 37.8. The summed E-state index contributed by atoms with van der Waals surface area (Å²) in [5, 5.41) is 25.1. The van der Waals surface area contributed by atoms with Crippen LogP contribution >= 0.6 is 15.9 Å². The van der Waals surface area contributed by atoms with Crippen molar-refractivity contribution in [2.24, 2.45) is 0 Å². The smallest absolute Gasteiger partial charge is 0.464 e. The predicted molar refractivity (Wildman–Crippen MR) is 589 cm³/mol. The number of rotatable bonds is 16. The molecule has 0 spiro atoms. The van der Waals surface area contributed by atoms with Crippen molar-refractivity contribution < 1.29 is 18.1 Å². The fourth-order valence-electron chi connectivity index (χ4n) is 22.5. The van der Waals surface area contributed by atoms with E-state index in [2.05, 4.69) is 499 Å². The van der Waals surface area contributed by atoms with Crippen LogP contribution < -0.4 is 40.9 Å². The van der Waals surface area contributed by atoms with Crippen molar-refractivity contribution in [2.75, 3.05) is 9.80 Å². The molecule has 1 atom stereocenters. The number of hydrogen-bond acceptors (Lipinski definition) is 6. The Morgan fingerprint density at radius 2 is 0.783 bits per heavy atom. The highest BCUT2D eigenvalue weighted by molar-refractivity contribution is 9.10. The van der Waals surface area contributed by atoms with Crippen molar-refractivity contribution >= 4 is 202 Å². The average Bonchev–Trinajstić information content (AvgIpc) is 1.65. The second kappa shape index (κ2) is 35.5. The maximum absolute atomic E-state index is 6.48. The summed E-state index contributed by atoms with van der Waals surface area (Å²) in [7, 11) is -5.51. The van der Waals surface area contributed by atoms with Gasteiger partial charge in [0, 0.05) is 110 Å². The van der Waals surface area contributed by atoms with Crippen LogP contribution in [0.4, 0.5) is 22.7 Å². The zero-order valence-corrected chi connectivity index (χ0v) is 81.0. The van der Waals surface area contributed by atoms with Gasteiger partial charge in [-0.15, -0.1) is 0 Å². The van der Waals surface area contributed by atoms with Crippen LogP contribution in [0.1, 0.15) is 59.8 Å². The molecule has 1 unspecified atom stereocenters. The van der Waals surface area contributed by atoms with E-state index in [1.165, 1.54) is 124 Å². The quantitative estimate of drug-likeness (QED) is 0.0710. The van der Waals surface area contributed by atoms with Crippen LogP contribution in [0.2, 0.25) is 5.82 Å². The molecule has 0 radical (unpaired) electrons. The third-order valence-electron chi connectivity index (χ3n) is 29.6. The standard InChI is InChI=1S/C60H46N2OSi.C48H44BNO3Si.C18H10BrN/c1-4-20-49(21-5-1)64(50-22-6-2-7-23-50,51-24-8-3-9-25-51)52-37-35-48(36-38-52)61(46-19-16-18-44-17-10-15-30-59(44)63-40-39-46)47-33-31-43(32-34-47)45-41-55-53-26-11-13-28-57(53)62-58-29-14-12-27-54(58)56(42-45)60(55)62;1-47(2)48(3,4)53-49(52-47)35-24-26-36(27-25-35)50(38-30-33-44-43-22-14-15-23-45(43)51-46(44)34-38)37-28-31-42(32-29-37)54(39-16-8-5-9-17-39,40-18-10-6-11-19-40)41-20-12-7-13-21-41;19-11-9-14-12-5-1-3-7-16(12)20-17-8-4-2-6-13(17)15(10-11)18(14)20/h1-8,10-24,26-35,37,39-42H,9,25,36,38H2;5-24,26-35H,25H2,1-4H3;1-10H. The Balaban J connectivity index is 0.000000126. The first-order valence-electron chi connectivity index (χ1n) is 48.2. The summed E-state index contributed by atoms with van der Waals surface area (Å²) in [6.07, 6.45) is 25.4. The fourth-order valence-corrected chi connectivity index (χ4v) is 33.0. The van der Waals surface area contributed by atoms with E-state index >= 15 is 0 Å². The zero-order valence-electron chi connectivity index (χ0n) is 77.4. The minimum absolute atomic E-state index is 0.117. The highest BCUT2D eigenvalue weighted by Crippen LogP contribution is 2.49. The molecule has 22 aromatic rings. The van der Waals surface area contributed by atoms with Gasteiger partial charge in [-0.2, -0.15) is 0 Å². The number of nitrogens with zero attached hydrogens (tertiary/aromatic N) is 4. The van der Waals surface area contributed by atoms with Gasteiger partial charge >= 0.3 is 7.12 Å². The van der Waals surface area contributed by atoms with Crippen molar-refractivity contribution in [1.82, 2.24) is 8.80 Å². The molecule has 3 aliphatic carbocycles. The third-order valence-corrected chi connectivity index (χ3v) is 40.0. The van der Waals surface area contributed by atoms with Crippen LogP contribution in [0.3, 0.4) is 0 Å². The van der Waals surface area contributed by atoms with Gasteiger partial charge in [-0.3, -0.25) is 0 Å². The van der Waals surface area contributed by atoms with Gasteiger partial charge in [-0.25, -0.2) is 0 Å². The number of para-hydroxylation sites is 6. The molecule has 1 aliphatic heterocycles. The Labute approximate surface area is 814 Å². The molecule has 12 heteroatoms. The van der Waals surface area contributed by atoms with Crippen LogP contribution in [0.5, 0.6) is 0 Å². The molecule has 1 saturated heterocycles. The molecule has 26 rings (SSSR count). The summed E-state index contributed by atoms with van der Waals surface area (Å²) in [6, 6.07) is 150. The van der Waals surface area contributed by atoms with Gasteiger partial charge in [0.25, 0.3) is 0 Å². The van der Waals surface area contributed by atoms with E-state index < -0.39 is 16.1 Å². The summed E-state index contributed by atoms with van der Waals surface area (Å²) in [4.78, 5) is 4.78. The SMILES string of the molecule is Brc1cc2c3ccccc3n3c4ccccc4c(c1)c23.C1=CCCC([Si](C2=CC=C(N(c3cccc4ccccc4occ3)c3ccc(-c4cc5c6ccccc6n6c7ccccc7c(c4)c56)cc3)CC2)(c2ccccc2)c2ccccc2)=C1.CC1(C)OB(C2C=CC(N(c3ccc([Si](c4ccccc4)(c4ccccc4)c4ccccc4)cc3)c3ccc4c(c3)oc3ccccc34)=CC2)OC1(C)C. The fraction of sp³-hybridized carbons (Fsp3) is 0.0952. The molecular weight excluding hydrogens is 1780 g/mol. The molecule has 0 amide bonds. The van der Waals surface area contributed by atoms with Crippen LogP contribution in [-0.2, 0) is 9.31 Å². The normalized spacial score (nSPS) is 15.4. The number of furan rings is 1. The lowest BCUT2D eigenvalue weighted by atomic mass is 9.68. The second-order valence-corrected chi connectivity index (χ2v) is 46.5. The molecule has 16 aromatic carbocycles. The molecule has 1 fully saturated rings. The monoisotopic (exact) mass is 1880 g/mol. The lowest BCUT2D eigenvalue weighted by Gasteiger charge is -2.40. The third kappa shape index (κ3) is 14.8. The Morgan fingerprint density at radius 1 is 0.348 bits per heavy atom. The summed E-state index contributed by atoms with van der Waals surface area (Å²) < 4.78 is 31.6. The highest BCUT2D eigenvalue weighted by Gasteiger charge is 2.54. The van der Waals surface area contributed by atoms with Gasteiger partial charge in [-0.1, -0.05) is 360 Å². The first-order valence-corrected chi connectivity index (χ1v) is 52.9.